The molecule has 0 saturated heterocycles. The topological polar surface area (TPSA) is 59.2 Å². The van der Waals surface area contributed by atoms with Gasteiger partial charge in [0.15, 0.2) is 0 Å². The summed E-state index contributed by atoms with van der Waals surface area (Å²) in [7, 11) is 1.15. The molecule has 0 bridgehead atoms. The Morgan fingerprint density at radius 1 is 1.19 bits per heavy atom. The van der Waals surface area contributed by atoms with E-state index in [-0.39, 0.29) is 10.7 Å². The van der Waals surface area contributed by atoms with E-state index >= 15 is 0 Å². The number of H-pyrrole nitrogens is 1. The monoisotopic (exact) mass is 375 g/mol. The van der Waals surface area contributed by atoms with Crippen molar-refractivity contribution in [3.05, 3.63) is 33.4 Å². The molecule has 0 saturated carbocycles. The zero-order chi connectivity index (χ0) is 16.6. The van der Waals surface area contributed by atoms with Crippen molar-refractivity contribution >= 4 is 50.2 Å². The maximum Gasteiger partial charge on any atom is 0.379 e. The van der Waals surface area contributed by atoms with E-state index in [1.54, 1.807) is 12.1 Å². The Kier molecular flexibility index (Phi) is 8.97. The van der Waals surface area contributed by atoms with Gasteiger partial charge in [0.1, 0.15) is 5.15 Å². The molecule has 4 nitrogen and oxygen atoms in total. The Morgan fingerprint density at radius 3 is 2.29 bits per heavy atom. The van der Waals surface area contributed by atoms with Crippen molar-refractivity contribution in [2.75, 3.05) is 7.11 Å². The molecule has 0 atom stereocenters. The molecule has 2 aromatic rings. The van der Waals surface area contributed by atoms with Gasteiger partial charge in [0.2, 0.25) is 0 Å². The van der Waals surface area contributed by atoms with Gasteiger partial charge in [-0.2, -0.15) is 0 Å². The molecular weight excluding hydrogens is 358 g/mol. The predicted octanol–water partition coefficient (Wildman–Crippen LogP) is 4.99. The van der Waals surface area contributed by atoms with E-state index in [2.05, 4.69) is 25.7 Å². The van der Waals surface area contributed by atoms with Crippen LogP contribution in [0.15, 0.2) is 22.7 Å². The number of ketones is 1. The second-order valence-electron chi connectivity index (χ2n) is 3.32. The highest BCUT2D eigenvalue weighted by Crippen LogP contribution is 2.29. The number of fused-ring (bicyclic) bond motifs is 1. The lowest BCUT2D eigenvalue weighted by atomic mass is 10.1. The van der Waals surface area contributed by atoms with Crippen LogP contribution in [0.25, 0.3) is 10.9 Å². The number of Topliss-reactive ketones (excluding diaryl/α,β-unsaturated/α-hetero) is 1. The molecule has 1 heterocycles. The molecule has 0 amide bonds. The predicted molar refractivity (Wildman–Crippen MR) is 90.1 cm³/mol. The van der Waals surface area contributed by atoms with Gasteiger partial charge in [-0.15, -0.1) is 0 Å². The Morgan fingerprint density at radius 2 is 1.76 bits per heavy atom. The van der Waals surface area contributed by atoms with E-state index < -0.39 is 11.8 Å². The number of hydrogen-bond acceptors (Lipinski definition) is 3. The number of aromatic amines is 1. The highest BCUT2D eigenvalue weighted by atomic mass is 79.9. The van der Waals surface area contributed by atoms with Crippen LogP contribution in [0.3, 0.4) is 0 Å². The molecule has 0 fully saturated rings. The molecule has 21 heavy (non-hydrogen) atoms. The summed E-state index contributed by atoms with van der Waals surface area (Å²) in [6.07, 6.45) is 0. The Bertz CT molecular complexity index is 623. The van der Waals surface area contributed by atoms with Crippen molar-refractivity contribution in [1.82, 2.24) is 4.98 Å². The first-order chi connectivity index (χ1) is 10.0. The minimum Gasteiger partial charge on any atom is -0.463 e. The summed E-state index contributed by atoms with van der Waals surface area (Å²) in [5, 5.41) is 0.716. The zero-order valence-corrected chi connectivity index (χ0v) is 15.1. The van der Waals surface area contributed by atoms with Crippen molar-refractivity contribution in [3.8, 4) is 0 Å². The van der Waals surface area contributed by atoms with Gasteiger partial charge in [0.05, 0.1) is 12.7 Å². The number of ether oxygens (including phenoxy) is 1. The van der Waals surface area contributed by atoms with Gasteiger partial charge in [0.25, 0.3) is 5.78 Å². The van der Waals surface area contributed by atoms with Crippen LogP contribution in [0.2, 0.25) is 5.15 Å². The molecule has 1 aromatic carbocycles. The highest BCUT2D eigenvalue weighted by Gasteiger charge is 2.24. The number of rotatable bonds is 2. The van der Waals surface area contributed by atoms with Gasteiger partial charge < -0.3 is 9.72 Å². The number of benzene rings is 1. The number of carbonyl (C=O) groups excluding carboxylic acids is 2. The van der Waals surface area contributed by atoms with Crippen LogP contribution in [-0.4, -0.2) is 23.8 Å². The van der Waals surface area contributed by atoms with E-state index in [1.807, 2.05) is 33.8 Å². The van der Waals surface area contributed by atoms with E-state index in [4.69, 9.17) is 11.6 Å². The van der Waals surface area contributed by atoms with E-state index in [9.17, 15) is 9.59 Å². The van der Waals surface area contributed by atoms with Gasteiger partial charge in [-0.1, -0.05) is 55.2 Å². The van der Waals surface area contributed by atoms with Gasteiger partial charge in [0, 0.05) is 15.4 Å². The number of nitrogens with one attached hydrogen (secondary N) is 1. The molecule has 0 aliphatic carbocycles. The maximum atomic E-state index is 11.8. The smallest absolute Gasteiger partial charge is 0.379 e. The highest BCUT2D eigenvalue weighted by molar-refractivity contribution is 9.10. The fourth-order valence-electron chi connectivity index (χ4n) is 1.55. The molecule has 0 radical (unpaired) electrons. The largest absolute Gasteiger partial charge is 0.463 e. The lowest BCUT2D eigenvalue weighted by Crippen LogP contribution is -2.15. The van der Waals surface area contributed by atoms with Crippen molar-refractivity contribution in [2.24, 2.45) is 0 Å². The summed E-state index contributed by atoms with van der Waals surface area (Å²) in [6.45, 7) is 8.00. The SMILES string of the molecule is CC.CC.COC(=O)C(=O)c1c(Cl)[nH]c2ccc(Br)cc12. The number of aromatic nitrogens is 1. The maximum absolute atomic E-state index is 11.8. The lowest BCUT2D eigenvalue weighted by Gasteiger charge is -1.98. The fourth-order valence-corrected chi connectivity index (χ4v) is 2.20. The first-order valence-electron chi connectivity index (χ1n) is 6.64. The second-order valence-corrected chi connectivity index (χ2v) is 4.62. The van der Waals surface area contributed by atoms with Crippen LogP contribution >= 0.6 is 27.5 Å². The van der Waals surface area contributed by atoms with Crippen LogP contribution in [0, 0.1) is 0 Å². The minimum atomic E-state index is -0.937. The number of carbonyl (C=O) groups is 2. The number of esters is 1. The summed E-state index contributed by atoms with van der Waals surface area (Å²) >= 11 is 9.21. The molecule has 0 unspecified atom stereocenters. The van der Waals surface area contributed by atoms with Gasteiger partial charge >= 0.3 is 5.97 Å². The van der Waals surface area contributed by atoms with Gasteiger partial charge in [-0.3, -0.25) is 4.79 Å². The molecule has 6 heteroatoms. The Labute approximate surface area is 137 Å². The summed E-state index contributed by atoms with van der Waals surface area (Å²) in [6, 6.07) is 5.29. The summed E-state index contributed by atoms with van der Waals surface area (Å²) in [5.41, 5.74) is 0.820. The lowest BCUT2D eigenvalue weighted by molar-refractivity contribution is -0.135. The van der Waals surface area contributed by atoms with Crippen LogP contribution in [0.1, 0.15) is 38.1 Å². The number of methoxy groups -OCH3 is 1. The average Bonchev–Trinajstić information content (AvgIpc) is 2.85. The molecule has 1 N–H and O–H groups in total. The van der Waals surface area contributed by atoms with Crippen LogP contribution in [-0.2, 0) is 9.53 Å². The van der Waals surface area contributed by atoms with Crippen LogP contribution < -0.4 is 0 Å². The molecular formula is C15H19BrClNO3. The standard InChI is InChI=1S/C11H7BrClNO3.2C2H6/c1-17-11(16)9(15)8-6-4-5(12)2-3-7(6)14-10(8)13;2*1-2/h2-4,14H,1H3;2*1-2H3. The molecule has 116 valence electrons. The normalized spacial score (nSPS) is 9.10. The molecule has 1 aromatic heterocycles. The molecule has 2 rings (SSSR count). The third-order valence-corrected chi connectivity index (χ3v) is 3.09. The zero-order valence-electron chi connectivity index (χ0n) is 12.7. The van der Waals surface area contributed by atoms with Gasteiger partial charge in [-0.25, -0.2) is 4.79 Å². The first-order valence-corrected chi connectivity index (χ1v) is 7.81. The summed E-state index contributed by atoms with van der Waals surface area (Å²) < 4.78 is 5.19. The van der Waals surface area contributed by atoms with E-state index in [0.717, 1.165) is 11.6 Å². The Hall–Kier alpha value is -1.33. The van der Waals surface area contributed by atoms with Crippen LogP contribution in [0.5, 0.6) is 0 Å². The second kappa shape index (κ2) is 9.58. The van der Waals surface area contributed by atoms with E-state index in [0.29, 0.717) is 10.9 Å². The minimum absolute atomic E-state index is 0.133. The number of hydrogen-bond donors (Lipinski definition) is 1. The third-order valence-electron chi connectivity index (χ3n) is 2.31. The summed E-state index contributed by atoms with van der Waals surface area (Å²) in [4.78, 5) is 25.9. The van der Waals surface area contributed by atoms with Crippen molar-refractivity contribution in [3.63, 3.8) is 0 Å². The molecule has 0 aliphatic heterocycles. The summed E-state index contributed by atoms with van der Waals surface area (Å²) in [5.74, 6) is -1.70. The quantitative estimate of drug-likeness (QED) is 0.456. The first kappa shape index (κ1) is 19.7. The van der Waals surface area contributed by atoms with E-state index in [1.165, 1.54) is 0 Å². The number of halogens is 2. The Balaban J connectivity index is 0.000000921. The van der Waals surface area contributed by atoms with Gasteiger partial charge in [-0.05, 0) is 18.2 Å². The molecule has 0 aliphatic rings. The van der Waals surface area contributed by atoms with Crippen molar-refractivity contribution in [1.29, 1.82) is 0 Å². The fraction of sp³-hybridized carbons (Fsp3) is 0.333. The third kappa shape index (κ3) is 4.58. The van der Waals surface area contributed by atoms with Crippen molar-refractivity contribution in [2.45, 2.75) is 27.7 Å². The molecule has 0 spiro atoms. The van der Waals surface area contributed by atoms with Crippen LogP contribution in [0.4, 0.5) is 0 Å². The average molecular weight is 377 g/mol. The van der Waals surface area contributed by atoms with Crippen molar-refractivity contribution < 1.29 is 14.3 Å².